The van der Waals surface area contributed by atoms with Crippen LogP contribution in [0.5, 0.6) is 0 Å². The first-order valence-electron chi connectivity index (χ1n) is 4.25. The number of carbonyl (C=O) groups excluding carboxylic acids is 1. The van der Waals surface area contributed by atoms with Crippen molar-refractivity contribution in [3.8, 4) is 0 Å². The molecule has 0 aromatic carbocycles. The van der Waals surface area contributed by atoms with Gasteiger partial charge in [0.25, 0.3) is 0 Å². The third-order valence-electron chi connectivity index (χ3n) is 2.27. The Bertz CT molecular complexity index is 170. The molecule has 2 atom stereocenters. The second kappa shape index (κ2) is 3.87. The zero-order chi connectivity index (χ0) is 9.14. The number of hydrogen-bond acceptors (Lipinski definition) is 3. The van der Waals surface area contributed by atoms with Crippen LogP contribution in [-0.4, -0.2) is 46.3 Å². The van der Waals surface area contributed by atoms with Crippen LogP contribution in [0.4, 0.5) is 0 Å². The lowest BCUT2D eigenvalue weighted by Crippen LogP contribution is -2.41. The highest BCUT2D eigenvalue weighted by Gasteiger charge is 2.33. The molecule has 0 bridgehead atoms. The topological polar surface area (TPSA) is 60.8 Å². The molecule has 0 saturated carbocycles. The van der Waals surface area contributed by atoms with Crippen molar-refractivity contribution in [2.75, 3.05) is 13.2 Å². The lowest BCUT2D eigenvalue weighted by Gasteiger charge is -2.25. The molecule has 1 fully saturated rings. The predicted molar refractivity (Wildman–Crippen MR) is 43.5 cm³/mol. The fourth-order valence-corrected chi connectivity index (χ4v) is 1.66. The molecule has 1 rings (SSSR count). The number of nitrogens with zero attached hydrogens (tertiary/aromatic N) is 1. The molecule has 0 aliphatic carbocycles. The molecule has 0 radical (unpaired) electrons. The molecule has 0 spiro atoms. The minimum atomic E-state index is -0.497. The van der Waals surface area contributed by atoms with Crippen LogP contribution >= 0.6 is 0 Å². The number of hydrogen-bond donors (Lipinski definition) is 2. The van der Waals surface area contributed by atoms with Gasteiger partial charge in [0.15, 0.2) is 0 Å². The van der Waals surface area contributed by atoms with E-state index in [1.807, 2.05) is 0 Å². The zero-order valence-electron chi connectivity index (χ0n) is 7.23. The average molecular weight is 173 g/mol. The summed E-state index contributed by atoms with van der Waals surface area (Å²) in [5.41, 5.74) is 0. The Labute approximate surface area is 71.8 Å². The summed E-state index contributed by atoms with van der Waals surface area (Å²) < 4.78 is 0. The third kappa shape index (κ3) is 1.76. The van der Waals surface area contributed by atoms with E-state index < -0.39 is 6.10 Å². The van der Waals surface area contributed by atoms with Gasteiger partial charge in [0.1, 0.15) is 0 Å². The number of amides is 1. The Morgan fingerprint density at radius 1 is 1.75 bits per heavy atom. The maximum absolute atomic E-state index is 11.2. The first-order chi connectivity index (χ1) is 5.66. The lowest BCUT2D eigenvalue weighted by molar-refractivity contribution is -0.130. The predicted octanol–water partition coefficient (Wildman–Crippen LogP) is -0.649. The van der Waals surface area contributed by atoms with Crippen LogP contribution < -0.4 is 0 Å². The van der Waals surface area contributed by atoms with E-state index in [-0.39, 0.29) is 18.6 Å². The highest BCUT2D eigenvalue weighted by molar-refractivity contribution is 5.78. The first-order valence-corrected chi connectivity index (χ1v) is 4.25. The number of carbonyl (C=O) groups is 1. The number of likely N-dealkylation sites (tertiary alicyclic amines) is 1. The van der Waals surface area contributed by atoms with Gasteiger partial charge in [-0.3, -0.25) is 4.79 Å². The number of aliphatic hydroxyl groups is 2. The molecule has 70 valence electrons. The molecular formula is C8H15NO3. The molecule has 12 heavy (non-hydrogen) atoms. The quantitative estimate of drug-likeness (QED) is 0.596. The Morgan fingerprint density at radius 3 is 2.92 bits per heavy atom. The maximum Gasteiger partial charge on any atom is 0.223 e. The molecule has 2 N–H and O–H groups in total. The fraction of sp³-hybridized carbons (Fsp3) is 0.875. The van der Waals surface area contributed by atoms with Crippen LogP contribution in [0.3, 0.4) is 0 Å². The van der Waals surface area contributed by atoms with Crippen LogP contribution in [0.2, 0.25) is 0 Å². The van der Waals surface area contributed by atoms with E-state index in [9.17, 15) is 9.90 Å². The van der Waals surface area contributed by atoms with Crippen molar-refractivity contribution in [2.24, 2.45) is 0 Å². The van der Waals surface area contributed by atoms with Crippen molar-refractivity contribution in [3.05, 3.63) is 0 Å². The largest absolute Gasteiger partial charge is 0.395 e. The molecule has 1 heterocycles. The summed E-state index contributed by atoms with van der Waals surface area (Å²) in [5.74, 6) is 0.0370. The van der Waals surface area contributed by atoms with Gasteiger partial charge in [-0.2, -0.15) is 0 Å². The lowest BCUT2D eigenvalue weighted by atomic mass is 10.1. The summed E-state index contributed by atoms with van der Waals surface area (Å²) in [6.45, 7) is 1.98. The maximum atomic E-state index is 11.2. The second-order valence-electron chi connectivity index (χ2n) is 3.16. The highest BCUT2D eigenvalue weighted by atomic mass is 16.3. The summed E-state index contributed by atoms with van der Waals surface area (Å²) in [7, 11) is 0. The Balaban J connectivity index is 2.57. The van der Waals surface area contributed by atoms with Crippen molar-refractivity contribution in [1.29, 1.82) is 0 Å². The van der Waals surface area contributed by atoms with Crippen LogP contribution in [0.15, 0.2) is 0 Å². The summed E-state index contributed by atoms with van der Waals surface area (Å²) in [6, 6.07) is -0.0929. The molecule has 1 unspecified atom stereocenters. The summed E-state index contributed by atoms with van der Waals surface area (Å²) >= 11 is 0. The van der Waals surface area contributed by atoms with Crippen molar-refractivity contribution >= 4 is 5.91 Å². The van der Waals surface area contributed by atoms with Gasteiger partial charge in [0, 0.05) is 13.0 Å². The minimum absolute atomic E-state index is 0.0328. The van der Waals surface area contributed by atoms with Gasteiger partial charge in [-0.05, 0) is 13.3 Å². The number of aliphatic hydroxyl groups excluding tert-OH is 2. The molecule has 0 aromatic rings. The van der Waals surface area contributed by atoms with Crippen molar-refractivity contribution < 1.29 is 15.0 Å². The van der Waals surface area contributed by atoms with E-state index in [1.165, 1.54) is 0 Å². The Hall–Kier alpha value is -0.610. The summed E-state index contributed by atoms with van der Waals surface area (Å²) in [5, 5.41) is 18.0. The number of β-amino-alcohol motifs (C(OH)–C–C–N with tert-alkyl or cyclic N) is 1. The van der Waals surface area contributed by atoms with E-state index >= 15 is 0 Å². The van der Waals surface area contributed by atoms with E-state index in [1.54, 1.807) is 11.8 Å². The minimum Gasteiger partial charge on any atom is -0.395 e. The van der Waals surface area contributed by atoms with E-state index in [0.29, 0.717) is 19.4 Å². The van der Waals surface area contributed by atoms with Gasteiger partial charge in [-0.25, -0.2) is 0 Å². The van der Waals surface area contributed by atoms with Crippen LogP contribution in [0.1, 0.15) is 19.8 Å². The molecule has 1 aliphatic rings. The third-order valence-corrected chi connectivity index (χ3v) is 2.27. The number of rotatable bonds is 3. The van der Waals surface area contributed by atoms with E-state index in [0.717, 1.165) is 0 Å². The van der Waals surface area contributed by atoms with Gasteiger partial charge in [-0.15, -0.1) is 0 Å². The van der Waals surface area contributed by atoms with Gasteiger partial charge in [0.2, 0.25) is 5.91 Å². The molecule has 1 saturated heterocycles. The van der Waals surface area contributed by atoms with Crippen molar-refractivity contribution in [1.82, 2.24) is 4.90 Å². The molecule has 4 nitrogen and oxygen atoms in total. The average Bonchev–Trinajstić information content (AvgIpc) is 2.34. The molecule has 1 aliphatic heterocycles. The van der Waals surface area contributed by atoms with Crippen LogP contribution in [-0.2, 0) is 4.79 Å². The molecule has 4 heteroatoms. The highest BCUT2D eigenvalue weighted by Crippen LogP contribution is 2.20. The van der Waals surface area contributed by atoms with Crippen LogP contribution in [0, 0.1) is 0 Å². The van der Waals surface area contributed by atoms with Gasteiger partial charge in [0.05, 0.1) is 18.8 Å². The van der Waals surface area contributed by atoms with E-state index in [4.69, 9.17) is 5.11 Å². The SMILES string of the molecule is CC(O)[C@@H]1CCC(=O)N1CCO. The normalized spacial score (nSPS) is 26.4. The van der Waals surface area contributed by atoms with Gasteiger partial charge >= 0.3 is 0 Å². The van der Waals surface area contributed by atoms with E-state index in [2.05, 4.69) is 0 Å². The fourth-order valence-electron chi connectivity index (χ4n) is 1.66. The summed E-state index contributed by atoms with van der Waals surface area (Å²) in [6.07, 6.45) is 0.703. The van der Waals surface area contributed by atoms with Crippen molar-refractivity contribution in [3.63, 3.8) is 0 Å². The Kier molecular flexibility index (Phi) is 3.05. The standard InChI is InChI=1S/C8H15NO3/c1-6(11)7-2-3-8(12)9(7)4-5-10/h6-7,10-11H,2-5H2,1H3/t6?,7-/m0/s1. The molecule has 1 amide bonds. The van der Waals surface area contributed by atoms with Crippen LogP contribution in [0.25, 0.3) is 0 Å². The van der Waals surface area contributed by atoms with Crippen molar-refractivity contribution in [2.45, 2.75) is 31.9 Å². The summed E-state index contributed by atoms with van der Waals surface area (Å²) in [4.78, 5) is 12.7. The van der Waals surface area contributed by atoms with Gasteiger partial charge < -0.3 is 15.1 Å². The zero-order valence-corrected chi connectivity index (χ0v) is 7.23. The molecule has 0 aromatic heterocycles. The molecular weight excluding hydrogens is 158 g/mol. The Morgan fingerprint density at radius 2 is 2.42 bits per heavy atom. The smallest absolute Gasteiger partial charge is 0.223 e. The monoisotopic (exact) mass is 173 g/mol. The van der Waals surface area contributed by atoms with Gasteiger partial charge in [-0.1, -0.05) is 0 Å². The second-order valence-corrected chi connectivity index (χ2v) is 3.16. The first kappa shape index (κ1) is 9.48.